The summed E-state index contributed by atoms with van der Waals surface area (Å²) in [5.74, 6) is 0.945. The fraction of sp³-hybridized carbons (Fsp3) is 0.133. The minimum atomic E-state index is -0.214. The van der Waals surface area contributed by atoms with E-state index in [9.17, 15) is 10.2 Å². The Labute approximate surface area is 120 Å². The number of rotatable bonds is 4. The molecule has 0 aliphatic heterocycles. The van der Waals surface area contributed by atoms with E-state index >= 15 is 0 Å². The lowest BCUT2D eigenvalue weighted by atomic mass is 10.2. The summed E-state index contributed by atoms with van der Waals surface area (Å²) >= 11 is 0. The predicted octanol–water partition coefficient (Wildman–Crippen LogP) is 1.78. The molecule has 6 heteroatoms. The summed E-state index contributed by atoms with van der Waals surface area (Å²) in [7, 11) is 0. The molecule has 3 aromatic heterocycles. The van der Waals surface area contributed by atoms with Gasteiger partial charge in [0, 0.05) is 11.8 Å². The molecule has 0 radical (unpaired) electrons. The van der Waals surface area contributed by atoms with Crippen molar-refractivity contribution in [3.8, 4) is 22.9 Å². The van der Waals surface area contributed by atoms with Gasteiger partial charge in [-0.15, -0.1) is 0 Å². The molecule has 0 atom stereocenters. The van der Waals surface area contributed by atoms with Crippen molar-refractivity contribution in [2.45, 2.75) is 13.2 Å². The SMILES string of the molecule is OCc1cc(-c2ncc(-c3ccccn3)o2)cc(CO)n1. The average molecular weight is 283 g/mol. The van der Waals surface area contributed by atoms with Crippen LogP contribution >= 0.6 is 0 Å². The van der Waals surface area contributed by atoms with Gasteiger partial charge in [-0.3, -0.25) is 9.97 Å². The van der Waals surface area contributed by atoms with Crippen LogP contribution < -0.4 is 0 Å². The van der Waals surface area contributed by atoms with Crippen molar-refractivity contribution >= 4 is 0 Å². The van der Waals surface area contributed by atoms with Crippen LogP contribution in [-0.2, 0) is 13.2 Å². The van der Waals surface area contributed by atoms with Crippen molar-refractivity contribution in [1.29, 1.82) is 0 Å². The molecular weight excluding hydrogens is 270 g/mol. The molecule has 3 rings (SSSR count). The normalized spacial score (nSPS) is 10.8. The minimum absolute atomic E-state index is 0.214. The van der Waals surface area contributed by atoms with E-state index in [1.54, 1.807) is 24.5 Å². The van der Waals surface area contributed by atoms with E-state index in [1.165, 1.54) is 0 Å². The molecule has 0 spiro atoms. The third-order valence-electron chi connectivity index (χ3n) is 2.93. The van der Waals surface area contributed by atoms with Crippen LogP contribution in [0, 0.1) is 0 Å². The van der Waals surface area contributed by atoms with E-state index in [2.05, 4.69) is 15.0 Å². The average Bonchev–Trinajstić information content (AvgIpc) is 3.05. The van der Waals surface area contributed by atoms with Crippen LogP contribution in [0.2, 0.25) is 0 Å². The highest BCUT2D eigenvalue weighted by molar-refractivity contribution is 5.59. The second-order valence-corrected chi connectivity index (χ2v) is 4.40. The van der Waals surface area contributed by atoms with Crippen molar-refractivity contribution in [2.75, 3.05) is 0 Å². The summed E-state index contributed by atoms with van der Waals surface area (Å²) in [4.78, 5) is 12.5. The Kier molecular flexibility index (Phi) is 3.72. The largest absolute Gasteiger partial charge is 0.434 e. The fourth-order valence-electron chi connectivity index (χ4n) is 1.97. The van der Waals surface area contributed by atoms with Crippen molar-refractivity contribution in [2.24, 2.45) is 0 Å². The van der Waals surface area contributed by atoms with Crippen LogP contribution in [0.3, 0.4) is 0 Å². The zero-order chi connectivity index (χ0) is 14.7. The van der Waals surface area contributed by atoms with Crippen molar-refractivity contribution in [3.63, 3.8) is 0 Å². The first kappa shape index (κ1) is 13.4. The number of hydrogen-bond donors (Lipinski definition) is 2. The molecule has 0 aliphatic carbocycles. The molecule has 106 valence electrons. The van der Waals surface area contributed by atoms with Gasteiger partial charge in [-0.05, 0) is 24.3 Å². The fourth-order valence-corrected chi connectivity index (χ4v) is 1.97. The summed E-state index contributed by atoms with van der Waals surface area (Å²) in [6.45, 7) is -0.427. The second kappa shape index (κ2) is 5.82. The predicted molar refractivity (Wildman–Crippen MR) is 74.8 cm³/mol. The number of oxazole rings is 1. The van der Waals surface area contributed by atoms with E-state index in [1.807, 2.05) is 18.2 Å². The third-order valence-corrected chi connectivity index (χ3v) is 2.93. The Morgan fingerprint density at radius 3 is 2.38 bits per heavy atom. The Balaban J connectivity index is 2.00. The first-order valence-electron chi connectivity index (χ1n) is 6.39. The molecular formula is C15H13N3O3. The highest BCUT2D eigenvalue weighted by Gasteiger charge is 2.11. The van der Waals surface area contributed by atoms with Gasteiger partial charge in [0.05, 0.1) is 30.8 Å². The van der Waals surface area contributed by atoms with Crippen LogP contribution in [0.15, 0.2) is 47.1 Å². The number of aliphatic hydroxyl groups is 2. The lowest BCUT2D eigenvalue weighted by molar-refractivity contribution is 0.265. The molecule has 0 saturated carbocycles. The Hall–Kier alpha value is -2.57. The van der Waals surface area contributed by atoms with Gasteiger partial charge in [0.25, 0.3) is 0 Å². The number of pyridine rings is 2. The topological polar surface area (TPSA) is 92.3 Å². The molecule has 0 aliphatic rings. The van der Waals surface area contributed by atoms with Crippen LogP contribution in [0.5, 0.6) is 0 Å². The molecule has 0 amide bonds. The number of aliphatic hydroxyl groups excluding tert-OH is 2. The first-order chi connectivity index (χ1) is 10.3. The number of nitrogens with zero attached hydrogens (tertiary/aromatic N) is 3. The van der Waals surface area contributed by atoms with Crippen molar-refractivity contribution < 1.29 is 14.6 Å². The van der Waals surface area contributed by atoms with E-state index in [0.29, 0.717) is 34.3 Å². The Morgan fingerprint density at radius 1 is 1.00 bits per heavy atom. The molecule has 0 fully saturated rings. The highest BCUT2D eigenvalue weighted by atomic mass is 16.4. The van der Waals surface area contributed by atoms with Crippen LogP contribution in [0.4, 0.5) is 0 Å². The summed E-state index contributed by atoms with van der Waals surface area (Å²) in [5.41, 5.74) is 2.25. The Morgan fingerprint density at radius 2 is 1.76 bits per heavy atom. The molecule has 0 aromatic carbocycles. The van der Waals surface area contributed by atoms with Gasteiger partial charge in [-0.1, -0.05) is 6.07 Å². The van der Waals surface area contributed by atoms with Gasteiger partial charge < -0.3 is 14.6 Å². The van der Waals surface area contributed by atoms with Crippen LogP contribution in [0.1, 0.15) is 11.4 Å². The molecule has 0 bridgehead atoms. The molecule has 0 saturated heterocycles. The molecule has 21 heavy (non-hydrogen) atoms. The third kappa shape index (κ3) is 2.81. The molecule has 3 heterocycles. The zero-order valence-electron chi connectivity index (χ0n) is 11.1. The van der Waals surface area contributed by atoms with Gasteiger partial charge >= 0.3 is 0 Å². The van der Waals surface area contributed by atoms with E-state index in [0.717, 1.165) is 0 Å². The highest BCUT2D eigenvalue weighted by Crippen LogP contribution is 2.25. The lowest BCUT2D eigenvalue weighted by Gasteiger charge is -2.03. The van der Waals surface area contributed by atoms with Crippen molar-refractivity contribution in [3.05, 3.63) is 54.1 Å². The van der Waals surface area contributed by atoms with Crippen molar-refractivity contribution in [1.82, 2.24) is 15.0 Å². The monoisotopic (exact) mass is 283 g/mol. The standard InChI is InChI=1S/C15H13N3O3/c19-8-11-5-10(6-12(9-20)18-11)15-17-7-14(21-15)13-3-1-2-4-16-13/h1-7,19-20H,8-9H2. The number of hydrogen-bond acceptors (Lipinski definition) is 6. The lowest BCUT2D eigenvalue weighted by Crippen LogP contribution is -1.97. The molecule has 6 nitrogen and oxygen atoms in total. The molecule has 2 N–H and O–H groups in total. The van der Waals surface area contributed by atoms with Crippen LogP contribution in [0.25, 0.3) is 22.9 Å². The quantitative estimate of drug-likeness (QED) is 0.758. The maximum absolute atomic E-state index is 9.21. The van der Waals surface area contributed by atoms with Gasteiger partial charge in [0.2, 0.25) is 5.89 Å². The van der Waals surface area contributed by atoms with Gasteiger partial charge in [-0.2, -0.15) is 0 Å². The molecule has 3 aromatic rings. The molecule has 0 unspecified atom stereocenters. The van der Waals surface area contributed by atoms with E-state index in [4.69, 9.17) is 4.42 Å². The maximum Gasteiger partial charge on any atom is 0.226 e. The second-order valence-electron chi connectivity index (χ2n) is 4.40. The summed E-state index contributed by atoms with van der Waals surface area (Å²) in [5, 5.41) is 18.4. The van der Waals surface area contributed by atoms with Gasteiger partial charge in [0.15, 0.2) is 5.76 Å². The van der Waals surface area contributed by atoms with Crippen LogP contribution in [-0.4, -0.2) is 25.2 Å². The summed E-state index contributed by atoms with van der Waals surface area (Å²) < 4.78 is 5.69. The summed E-state index contributed by atoms with van der Waals surface area (Å²) in [6.07, 6.45) is 3.27. The smallest absolute Gasteiger partial charge is 0.226 e. The van der Waals surface area contributed by atoms with E-state index in [-0.39, 0.29) is 13.2 Å². The first-order valence-corrected chi connectivity index (χ1v) is 6.39. The minimum Gasteiger partial charge on any atom is -0.434 e. The maximum atomic E-state index is 9.21. The summed E-state index contributed by atoms with van der Waals surface area (Å²) in [6, 6.07) is 8.87. The Bertz CT molecular complexity index is 719. The number of aromatic nitrogens is 3. The van der Waals surface area contributed by atoms with Gasteiger partial charge in [0.1, 0.15) is 5.69 Å². The van der Waals surface area contributed by atoms with E-state index < -0.39 is 0 Å². The van der Waals surface area contributed by atoms with Gasteiger partial charge in [-0.25, -0.2) is 4.98 Å². The zero-order valence-corrected chi connectivity index (χ0v) is 11.1.